The van der Waals surface area contributed by atoms with Crippen molar-refractivity contribution >= 4 is 0 Å². The lowest BCUT2D eigenvalue weighted by Crippen LogP contribution is -2.58. The topological polar surface area (TPSA) is 110 Å². The SMILES string of the molecule is CCN(CC)N[C@H]1C[C@@H](C)C(C#N)(C#N)CC1(C#N)C#N. The van der Waals surface area contributed by atoms with Crippen LogP contribution in [0.2, 0.25) is 0 Å². The Hall–Kier alpha value is -2.12. The molecule has 0 radical (unpaired) electrons. The summed E-state index contributed by atoms with van der Waals surface area (Å²) in [6, 6.07) is 7.82. The minimum absolute atomic E-state index is 0.0416. The summed E-state index contributed by atoms with van der Waals surface area (Å²) in [5, 5.41) is 39.7. The Labute approximate surface area is 126 Å². The van der Waals surface area contributed by atoms with Gasteiger partial charge >= 0.3 is 0 Å². The van der Waals surface area contributed by atoms with Crippen molar-refractivity contribution in [2.24, 2.45) is 16.7 Å². The minimum Gasteiger partial charge on any atom is -0.249 e. The van der Waals surface area contributed by atoms with E-state index in [4.69, 9.17) is 0 Å². The van der Waals surface area contributed by atoms with Gasteiger partial charge in [0.15, 0.2) is 5.41 Å². The molecule has 0 heterocycles. The third kappa shape index (κ3) is 2.84. The van der Waals surface area contributed by atoms with Gasteiger partial charge in [0.25, 0.3) is 0 Å². The lowest BCUT2D eigenvalue weighted by molar-refractivity contribution is 0.0588. The van der Waals surface area contributed by atoms with Gasteiger partial charge in [-0.3, -0.25) is 0 Å². The summed E-state index contributed by atoms with van der Waals surface area (Å²) < 4.78 is 0. The molecule has 6 nitrogen and oxygen atoms in total. The molecular formula is C15H20N6. The number of hydrazine groups is 1. The highest BCUT2D eigenvalue weighted by atomic mass is 15.5. The second kappa shape index (κ2) is 6.55. The zero-order valence-electron chi connectivity index (χ0n) is 12.7. The molecule has 2 atom stereocenters. The third-order valence-electron chi connectivity index (χ3n) is 4.48. The van der Waals surface area contributed by atoms with Gasteiger partial charge in [-0.05, 0) is 12.3 Å². The van der Waals surface area contributed by atoms with Crippen molar-refractivity contribution in [1.82, 2.24) is 10.4 Å². The fourth-order valence-corrected chi connectivity index (χ4v) is 2.87. The molecule has 0 unspecified atom stereocenters. The summed E-state index contributed by atoms with van der Waals surface area (Å²) in [6.07, 6.45) is 0.402. The summed E-state index contributed by atoms with van der Waals surface area (Å²) in [5.74, 6) is -0.199. The summed E-state index contributed by atoms with van der Waals surface area (Å²) in [6.45, 7) is 7.30. The Bertz CT molecular complexity index is 508. The van der Waals surface area contributed by atoms with E-state index in [1.807, 2.05) is 37.9 Å². The van der Waals surface area contributed by atoms with Gasteiger partial charge in [0.2, 0.25) is 0 Å². The molecule has 110 valence electrons. The highest BCUT2D eigenvalue weighted by Gasteiger charge is 2.56. The van der Waals surface area contributed by atoms with Gasteiger partial charge in [-0.2, -0.15) is 21.0 Å². The van der Waals surface area contributed by atoms with Crippen molar-refractivity contribution in [3.8, 4) is 24.3 Å². The fourth-order valence-electron chi connectivity index (χ4n) is 2.87. The minimum atomic E-state index is -1.36. The van der Waals surface area contributed by atoms with Crippen LogP contribution >= 0.6 is 0 Å². The molecule has 1 rings (SSSR count). The van der Waals surface area contributed by atoms with Gasteiger partial charge < -0.3 is 0 Å². The first-order valence-electron chi connectivity index (χ1n) is 7.13. The first kappa shape index (κ1) is 16.9. The standard InChI is InChI=1S/C15H20N6/c1-4-21(5-2)20-13-6-12(3)14(8-16,9-17)7-15(13,10-18)11-19/h12-13,20H,4-7H2,1-3H3/t12-,13+/m1/s1. The van der Waals surface area contributed by atoms with Gasteiger partial charge in [-0.1, -0.05) is 20.8 Å². The molecule has 1 aliphatic rings. The van der Waals surface area contributed by atoms with E-state index in [2.05, 4.69) is 17.6 Å². The van der Waals surface area contributed by atoms with Crippen LogP contribution in [0.25, 0.3) is 0 Å². The van der Waals surface area contributed by atoms with Crippen molar-refractivity contribution in [3.05, 3.63) is 0 Å². The predicted octanol–water partition coefficient (Wildman–Crippen LogP) is 1.70. The molecule has 21 heavy (non-hydrogen) atoms. The van der Waals surface area contributed by atoms with Crippen LogP contribution in [0.5, 0.6) is 0 Å². The number of rotatable bonds is 4. The van der Waals surface area contributed by atoms with E-state index in [1.165, 1.54) is 0 Å². The highest BCUT2D eigenvalue weighted by Crippen LogP contribution is 2.49. The quantitative estimate of drug-likeness (QED) is 0.786. The summed E-state index contributed by atoms with van der Waals surface area (Å²) >= 11 is 0. The predicted molar refractivity (Wildman–Crippen MR) is 75.6 cm³/mol. The van der Waals surface area contributed by atoms with Crippen molar-refractivity contribution in [2.45, 2.75) is 39.7 Å². The number of nitrogens with one attached hydrogen (secondary N) is 1. The Morgan fingerprint density at radius 2 is 1.48 bits per heavy atom. The Kier molecular flexibility index (Phi) is 5.28. The van der Waals surface area contributed by atoms with Crippen molar-refractivity contribution < 1.29 is 0 Å². The summed E-state index contributed by atoms with van der Waals surface area (Å²) in [7, 11) is 0. The van der Waals surface area contributed by atoms with Gasteiger partial charge in [0.1, 0.15) is 5.41 Å². The van der Waals surface area contributed by atoms with E-state index in [9.17, 15) is 21.0 Å². The Morgan fingerprint density at radius 1 is 1.00 bits per heavy atom. The molecule has 6 heteroatoms. The number of nitrogens with zero attached hydrogens (tertiary/aromatic N) is 5. The number of hydrogen-bond acceptors (Lipinski definition) is 6. The van der Waals surface area contributed by atoms with E-state index in [-0.39, 0.29) is 18.4 Å². The molecule has 1 N–H and O–H groups in total. The number of hydrogen-bond donors (Lipinski definition) is 1. The second-order valence-corrected chi connectivity index (χ2v) is 5.56. The smallest absolute Gasteiger partial charge is 0.162 e. The largest absolute Gasteiger partial charge is 0.249 e. The Morgan fingerprint density at radius 3 is 1.86 bits per heavy atom. The molecule has 0 bridgehead atoms. The molecule has 0 aromatic heterocycles. The molecule has 0 aromatic rings. The molecular weight excluding hydrogens is 264 g/mol. The lowest BCUT2D eigenvalue weighted by atomic mass is 9.57. The lowest BCUT2D eigenvalue weighted by Gasteiger charge is -2.44. The molecule has 1 fully saturated rings. The Balaban J connectivity index is 3.19. The molecule has 0 aliphatic heterocycles. The van der Waals surface area contributed by atoms with Crippen LogP contribution in [-0.4, -0.2) is 24.1 Å². The summed E-state index contributed by atoms with van der Waals surface area (Å²) in [4.78, 5) is 0. The summed E-state index contributed by atoms with van der Waals surface area (Å²) in [5.41, 5.74) is 0.602. The zero-order chi connectivity index (χ0) is 16.1. The highest BCUT2D eigenvalue weighted by molar-refractivity contribution is 5.30. The van der Waals surface area contributed by atoms with Crippen LogP contribution in [0.15, 0.2) is 0 Å². The first-order valence-corrected chi connectivity index (χ1v) is 7.13. The molecule has 0 amide bonds. The van der Waals surface area contributed by atoms with E-state index >= 15 is 0 Å². The van der Waals surface area contributed by atoms with Gasteiger partial charge in [0, 0.05) is 19.5 Å². The third-order valence-corrected chi connectivity index (χ3v) is 4.48. The number of nitriles is 4. The van der Waals surface area contributed by atoms with E-state index < -0.39 is 10.8 Å². The van der Waals surface area contributed by atoms with Crippen LogP contribution < -0.4 is 5.43 Å². The van der Waals surface area contributed by atoms with Gasteiger partial charge in [-0.25, -0.2) is 10.4 Å². The fraction of sp³-hybridized carbons (Fsp3) is 0.733. The molecule has 1 aliphatic carbocycles. The van der Waals surface area contributed by atoms with Crippen LogP contribution in [0.3, 0.4) is 0 Å². The van der Waals surface area contributed by atoms with Crippen LogP contribution in [0, 0.1) is 62.1 Å². The first-order chi connectivity index (χ1) is 9.97. The van der Waals surface area contributed by atoms with Crippen LogP contribution in [0.4, 0.5) is 0 Å². The molecule has 0 saturated heterocycles. The van der Waals surface area contributed by atoms with E-state index in [1.54, 1.807) is 0 Å². The monoisotopic (exact) mass is 284 g/mol. The molecule has 0 spiro atoms. The van der Waals surface area contributed by atoms with Gasteiger partial charge in [0.05, 0.1) is 30.3 Å². The second-order valence-electron chi connectivity index (χ2n) is 5.56. The average molecular weight is 284 g/mol. The van der Waals surface area contributed by atoms with Crippen LogP contribution in [-0.2, 0) is 0 Å². The maximum Gasteiger partial charge on any atom is 0.162 e. The maximum atomic E-state index is 9.53. The van der Waals surface area contributed by atoms with Crippen molar-refractivity contribution in [2.75, 3.05) is 13.1 Å². The van der Waals surface area contributed by atoms with Crippen LogP contribution in [0.1, 0.15) is 33.6 Å². The van der Waals surface area contributed by atoms with E-state index in [0.717, 1.165) is 13.1 Å². The van der Waals surface area contributed by atoms with Crippen molar-refractivity contribution in [3.63, 3.8) is 0 Å². The van der Waals surface area contributed by atoms with E-state index in [0.29, 0.717) is 6.42 Å². The molecule has 1 saturated carbocycles. The average Bonchev–Trinajstić information content (AvgIpc) is 2.53. The van der Waals surface area contributed by atoms with Gasteiger partial charge in [-0.15, -0.1) is 0 Å². The van der Waals surface area contributed by atoms with Crippen molar-refractivity contribution in [1.29, 1.82) is 21.0 Å². The zero-order valence-corrected chi connectivity index (χ0v) is 12.7. The molecule has 0 aromatic carbocycles. The normalized spacial score (nSPS) is 26.1. The maximum absolute atomic E-state index is 9.53.